The number of hydrogen-bond acceptors (Lipinski definition) is 2. The van der Waals surface area contributed by atoms with Crippen molar-refractivity contribution < 1.29 is 14.7 Å². The fourth-order valence-corrected chi connectivity index (χ4v) is 2.36. The number of hydrogen-bond donors (Lipinski definition) is 2. The molecule has 4 nitrogen and oxygen atoms in total. The smallest absolute Gasteiger partial charge is 0.310 e. The fourth-order valence-electron chi connectivity index (χ4n) is 2.36. The lowest BCUT2D eigenvalue weighted by atomic mass is 9.77. The molecule has 4 heteroatoms. The summed E-state index contributed by atoms with van der Waals surface area (Å²) in [5.74, 6) is -1.89. The molecule has 2 atom stereocenters. The second kappa shape index (κ2) is 3.87. The third-order valence-electron chi connectivity index (χ3n) is 3.41. The van der Waals surface area contributed by atoms with Gasteiger partial charge >= 0.3 is 5.97 Å². The van der Waals surface area contributed by atoms with Gasteiger partial charge in [-0.1, -0.05) is 44.2 Å². The lowest BCUT2D eigenvalue weighted by Crippen LogP contribution is -2.32. The zero-order valence-corrected chi connectivity index (χ0v) is 9.81. The highest BCUT2D eigenvalue weighted by Gasteiger charge is 2.53. The molecule has 0 aromatic heterocycles. The third kappa shape index (κ3) is 1.79. The molecule has 1 aliphatic heterocycles. The molecule has 0 radical (unpaired) electrons. The van der Waals surface area contributed by atoms with Gasteiger partial charge in [0, 0.05) is 0 Å². The van der Waals surface area contributed by atoms with Crippen molar-refractivity contribution in [2.75, 3.05) is 0 Å². The van der Waals surface area contributed by atoms with Gasteiger partial charge in [-0.15, -0.1) is 0 Å². The highest BCUT2D eigenvalue weighted by molar-refractivity contribution is 5.92. The van der Waals surface area contributed by atoms with Crippen LogP contribution in [0.3, 0.4) is 0 Å². The summed E-state index contributed by atoms with van der Waals surface area (Å²) in [7, 11) is 0. The molecule has 2 rings (SSSR count). The van der Waals surface area contributed by atoms with E-state index in [1.807, 2.05) is 30.3 Å². The summed E-state index contributed by atoms with van der Waals surface area (Å²) in [6.07, 6.45) is 0. The molecule has 1 saturated heterocycles. The average Bonchev–Trinajstić information content (AvgIpc) is 2.51. The molecule has 1 amide bonds. The predicted octanol–water partition coefficient (Wildman–Crippen LogP) is 1.58. The van der Waals surface area contributed by atoms with Gasteiger partial charge in [-0.05, 0) is 5.56 Å². The van der Waals surface area contributed by atoms with E-state index in [9.17, 15) is 14.7 Å². The van der Waals surface area contributed by atoms with Crippen molar-refractivity contribution in [1.82, 2.24) is 5.32 Å². The Balaban J connectivity index is 2.42. The molecule has 1 aliphatic rings. The fraction of sp³-hybridized carbons (Fsp3) is 0.385. The van der Waals surface area contributed by atoms with Crippen molar-refractivity contribution >= 4 is 11.9 Å². The minimum absolute atomic E-state index is 0.209. The zero-order valence-electron chi connectivity index (χ0n) is 9.81. The maximum atomic E-state index is 11.8. The second-order valence-electron chi connectivity index (χ2n) is 4.90. The van der Waals surface area contributed by atoms with Crippen molar-refractivity contribution in [1.29, 1.82) is 0 Å². The molecule has 1 aromatic rings. The van der Waals surface area contributed by atoms with Crippen LogP contribution in [0, 0.1) is 11.3 Å². The van der Waals surface area contributed by atoms with Gasteiger partial charge in [0.25, 0.3) is 0 Å². The van der Waals surface area contributed by atoms with E-state index in [-0.39, 0.29) is 5.91 Å². The van der Waals surface area contributed by atoms with Crippen LogP contribution in [0.1, 0.15) is 25.5 Å². The second-order valence-corrected chi connectivity index (χ2v) is 4.90. The van der Waals surface area contributed by atoms with Crippen molar-refractivity contribution in [2.45, 2.75) is 19.9 Å². The summed E-state index contributed by atoms with van der Waals surface area (Å²) in [6, 6.07) is 8.76. The zero-order chi connectivity index (χ0) is 12.6. The first kappa shape index (κ1) is 11.6. The SMILES string of the molecule is CC1(C)C(=O)N[C@@H](c2ccccc2)[C@@H]1C(=O)O. The Hall–Kier alpha value is -1.84. The molecule has 1 aromatic carbocycles. The summed E-state index contributed by atoms with van der Waals surface area (Å²) < 4.78 is 0. The number of carboxylic acid groups (broad SMARTS) is 1. The first-order chi connectivity index (χ1) is 7.94. The van der Waals surface area contributed by atoms with Gasteiger partial charge in [0.15, 0.2) is 0 Å². The van der Waals surface area contributed by atoms with E-state index in [0.717, 1.165) is 5.56 Å². The van der Waals surface area contributed by atoms with Crippen LogP contribution in [0.25, 0.3) is 0 Å². The highest BCUT2D eigenvalue weighted by Crippen LogP contribution is 2.42. The normalized spacial score (nSPS) is 26.6. The van der Waals surface area contributed by atoms with Crippen LogP contribution in [0.2, 0.25) is 0 Å². The van der Waals surface area contributed by atoms with Gasteiger partial charge in [-0.2, -0.15) is 0 Å². The van der Waals surface area contributed by atoms with E-state index in [2.05, 4.69) is 5.32 Å². The summed E-state index contributed by atoms with van der Waals surface area (Å²) >= 11 is 0. The summed E-state index contributed by atoms with van der Waals surface area (Å²) in [5.41, 5.74) is -0.0504. The molecule has 1 heterocycles. The van der Waals surface area contributed by atoms with Gasteiger partial charge in [0.2, 0.25) is 5.91 Å². The van der Waals surface area contributed by atoms with Crippen molar-refractivity contribution in [3.8, 4) is 0 Å². The molecule has 0 saturated carbocycles. The third-order valence-corrected chi connectivity index (χ3v) is 3.41. The van der Waals surface area contributed by atoms with Crippen molar-refractivity contribution in [3.05, 3.63) is 35.9 Å². The number of benzene rings is 1. The average molecular weight is 233 g/mol. The highest BCUT2D eigenvalue weighted by atomic mass is 16.4. The molecule has 90 valence electrons. The van der Waals surface area contributed by atoms with Gasteiger partial charge in [-0.25, -0.2) is 0 Å². The lowest BCUT2D eigenvalue weighted by Gasteiger charge is -2.23. The van der Waals surface area contributed by atoms with Crippen LogP contribution in [0.4, 0.5) is 0 Å². The van der Waals surface area contributed by atoms with Crippen LogP contribution in [-0.4, -0.2) is 17.0 Å². The largest absolute Gasteiger partial charge is 0.481 e. The Morgan fingerprint density at radius 3 is 2.41 bits per heavy atom. The molecule has 0 bridgehead atoms. The summed E-state index contributed by atoms with van der Waals surface area (Å²) in [5, 5.41) is 12.1. The molecule has 0 unspecified atom stereocenters. The van der Waals surface area contributed by atoms with E-state index in [4.69, 9.17) is 0 Å². The number of carbonyl (C=O) groups is 2. The van der Waals surface area contributed by atoms with Crippen LogP contribution >= 0.6 is 0 Å². The van der Waals surface area contributed by atoms with Gasteiger partial charge < -0.3 is 10.4 Å². The molecular formula is C13H15NO3. The first-order valence-corrected chi connectivity index (χ1v) is 5.53. The van der Waals surface area contributed by atoms with Crippen molar-refractivity contribution in [3.63, 3.8) is 0 Å². The minimum atomic E-state index is -0.942. The number of nitrogens with one attached hydrogen (secondary N) is 1. The molecular weight excluding hydrogens is 218 g/mol. The van der Waals surface area contributed by atoms with E-state index >= 15 is 0 Å². The monoisotopic (exact) mass is 233 g/mol. The quantitative estimate of drug-likeness (QED) is 0.815. The van der Waals surface area contributed by atoms with E-state index in [1.165, 1.54) is 0 Å². The van der Waals surface area contributed by atoms with Crippen molar-refractivity contribution in [2.24, 2.45) is 11.3 Å². The number of amides is 1. The first-order valence-electron chi connectivity index (χ1n) is 5.53. The maximum Gasteiger partial charge on any atom is 0.310 e. The van der Waals surface area contributed by atoms with E-state index < -0.39 is 23.3 Å². The molecule has 2 N–H and O–H groups in total. The van der Waals surface area contributed by atoms with Gasteiger partial charge in [0.1, 0.15) is 0 Å². The number of carbonyl (C=O) groups excluding carboxylic acids is 1. The Labute approximate surface area is 99.6 Å². The van der Waals surface area contributed by atoms with Crippen LogP contribution in [0.5, 0.6) is 0 Å². The van der Waals surface area contributed by atoms with E-state index in [0.29, 0.717) is 0 Å². The maximum absolute atomic E-state index is 11.8. The number of rotatable bonds is 2. The molecule has 17 heavy (non-hydrogen) atoms. The van der Waals surface area contributed by atoms with Crippen LogP contribution in [0.15, 0.2) is 30.3 Å². The molecule has 0 spiro atoms. The summed E-state index contributed by atoms with van der Waals surface area (Å²) in [4.78, 5) is 23.2. The number of aliphatic carboxylic acids is 1. The lowest BCUT2D eigenvalue weighted by molar-refractivity contribution is -0.147. The molecule has 0 aliphatic carbocycles. The minimum Gasteiger partial charge on any atom is -0.481 e. The predicted molar refractivity (Wildman–Crippen MR) is 62.2 cm³/mol. The van der Waals surface area contributed by atoms with Crippen LogP contribution in [-0.2, 0) is 9.59 Å². The Morgan fingerprint density at radius 1 is 1.29 bits per heavy atom. The Bertz CT molecular complexity index is 453. The number of carboxylic acids is 1. The Kier molecular flexibility index (Phi) is 2.65. The summed E-state index contributed by atoms with van der Waals surface area (Å²) in [6.45, 7) is 3.34. The molecule has 1 fully saturated rings. The Morgan fingerprint density at radius 2 is 1.88 bits per heavy atom. The van der Waals surface area contributed by atoms with Gasteiger partial charge in [-0.3, -0.25) is 9.59 Å². The van der Waals surface area contributed by atoms with Gasteiger partial charge in [0.05, 0.1) is 17.4 Å². The van der Waals surface area contributed by atoms with Crippen LogP contribution < -0.4 is 5.32 Å². The standard InChI is InChI=1S/C13H15NO3/c1-13(2)9(11(15)16)10(14-12(13)17)8-6-4-3-5-7-8/h3-7,9-10H,1-2H3,(H,14,17)(H,15,16)/t9-,10+/m1/s1. The van der Waals surface area contributed by atoms with E-state index in [1.54, 1.807) is 13.8 Å². The topological polar surface area (TPSA) is 66.4 Å².